The third-order valence-electron chi connectivity index (χ3n) is 5.42. The standard InChI is InChI=1S/C23H28Cl2N2O/c1-16-4-3-13-27(15-16)20-9-7-19(8-10-20)17(2)26-23(28)12-6-18-5-11-21(24)22(25)14-18/h5,7-11,14,16-17H,3-4,6,12-13,15H2,1-2H3,(H,26,28)/t16-,17+/m0/s1. The van der Waals surface area contributed by atoms with E-state index in [0.717, 1.165) is 30.1 Å². The van der Waals surface area contributed by atoms with Crippen molar-refractivity contribution in [3.63, 3.8) is 0 Å². The van der Waals surface area contributed by atoms with Crippen molar-refractivity contribution < 1.29 is 4.79 Å². The molecule has 0 unspecified atom stereocenters. The molecule has 0 saturated carbocycles. The zero-order valence-electron chi connectivity index (χ0n) is 16.6. The number of carbonyl (C=O) groups is 1. The second-order valence-corrected chi connectivity index (χ2v) is 8.64. The summed E-state index contributed by atoms with van der Waals surface area (Å²) in [5.74, 6) is 0.787. The molecule has 1 aliphatic rings. The highest BCUT2D eigenvalue weighted by atomic mass is 35.5. The molecule has 28 heavy (non-hydrogen) atoms. The molecule has 0 aliphatic carbocycles. The highest BCUT2D eigenvalue weighted by Gasteiger charge is 2.17. The summed E-state index contributed by atoms with van der Waals surface area (Å²) in [6, 6.07) is 14.1. The van der Waals surface area contributed by atoms with Crippen molar-refractivity contribution in [3.8, 4) is 0 Å². The maximum absolute atomic E-state index is 12.3. The normalized spacial score (nSPS) is 18.0. The molecular formula is C23H28Cl2N2O. The van der Waals surface area contributed by atoms with Gasteiger partial charge in [0.1, 0.15) is 0 Å². The van der Waals surface area contributed by atoms with Gasteiger partial charge in [0.2, 0.25) is 5.91 Å². The van der Waals surface area contributed by atoms with Crippen LogP contribution in [-0.2, 0) is 11.2 Å². The van der Waals surface area contributed by atoms with Crippen LogP contribution in [0.15, 0.2) is 42.5 Å². The molecule has 0 aromatic heterocycles. The predicted molar refractivity (Wildman–Crippen MR) is 118 cm³/mol. The lowest BCUT2D eigenvalue weighted by Gasteiger charge is -2.33. The van der Waals surface area contributed by atoms with Crippen molar-refractivity contribution in [1.29, 1.82) is 0 Å². The molecule has 1 amide bonds. The molecule has 2 aromatic rings. The molecule has 0 radical (unpaired) electrons. The third kappa shape index (κ3) is 5.65. The van der Waals surface area contributed by atoms with Gasteiger partial charge in [-0.1, -0.05) is 48.3 Å². The first kappa shape index (κ1) is 21.0. The molecular weight excluding hydrogens is 391 g/mol. The van der Waals surface area contributed by atoms with E-state index in [4.69, 9.17) is 23.2 Å². The van der Waals surface area contributed by atoms with Crippen LogP contribution in [0, 0.1) is 5.92 Å². The minimum absolute atomic E-state index is 0.0179. The number of halogens is 2. The number of nitrogens with one attached hydrogen (secondary N) is 1. The van der Waals surface area contributed by atoms with Gasteiger partial charge in [-0.2, -0.15) is 0 Å². The van der Waals surface area contributed by atoms with Gasteiger partial charge in [-0.3, -0.25) is 4.79 Å². The van der Waals surface area contributed by atoms with Crippen LogP contribution in [0.3, 0.4) is 0 Å². The minimum Gasteiger partial charge on any atom is -0.371 e. The largest absolute Gasteiger partial charge is 0.371 e. The number of carbonyl (C=O) groups excluding carboxylic acids is 1. The maximum Gasteiger partial charge on any atom is 0.220 e. The SMILES string of the molecule is C[C@H]1CCCN(c2ccc([C@@H](C)NC(=O)CCc3ccc(Cl)c(Cl)c3)cc2)C1. The first-order valence-corrected chi connectivity index (χ1v) is 10.8. The summed E-state index contributed by atoms with van der Waals surface area (Å²) >= 11 is 12.0. The number of amides is 1. The summed E-state index contributed by atoms with van der Waals surface area (Å²) < 4.78 is 0. The van der Waals surface area contributed by atoms with Crippen LogP contribution in [0.25, 0.3) is 0 Å². The summed E-state index contributed by atoms with van der Waals surface area (Å²) in [6.45, 7) is 6.59. The first-order chi connectivity index (χ1) is 13.4. The highest BCUT2D eigenvalue weighted by molar-refractivity contribution is 6.42. The van der Waals surface area contributed by atoms with Gasteiger partial charge in [0.15, 0.2) is 0 Å². The Morgan fingerprint density at radius 3 is 2.61 bits per heavy atom. The number of nitrogens with zero attached hydrogens (tertiary/aromatic N) is 1. The van der Waals surface area contributed by atoms with Crippen LogP contribution in [0.4, 0.5) is 5.69 Å². The highest BCUT2D eigenvalue weighted by Crippen LogP contribution is 2.25. The van der Waals surface area contributed by atoms with E-state index in [1.807, 2.05) is 19.1 Å². The average molecular weight is 419 g/mol. The topological polar surface area (TPSA) is 32.3 Å². The van der Waals surface area contributed by atoms with E-state index in [0.29, 0.717) is 22.9 Å². The Morgan fingerprint density at radius 1 is 1.18 bits per heavy atom. The number of benzene rings is 2. The molecule has 2 atom stereocenters. The molecule has 0 bridgehead atoms. The fourth-order valence-corrected chi connectivity index (χ4v) is 4.07. The molecule has 5 heteroatoms. The Hall–Kier alpha value is -1.71. The first-order valence-electron chi connectivity index (χ1n) is 10.0. The van der Waals surface area contributed by atoms with E-state index < -0.39 is 0 Å². The van der Waals surface area contributed by atoms with Crippen LogP contribution in [0.5, 0.6) is 0 Å². The number of anilines is 1. The molecule has 150 valence electrons. The van der Waals surface area contributed by atoms with Crippen molar-refractivity contribution in [1.82, 2.24) is 5.32 Å². The Labute approximate surface area is 178 Å². The summed E-state index contributed by atoms with van der Waals surface area (Å²) in [4.78, 5) is 14.8. The quantitative estimate of drug-likeness (QED) is 0.619. The summed E-state index contributed by atoms with van der Waals surface area (Å²) in [5.41, 5.74) is 3.41. The number of rotatable bonds is 6. The second-order valence-electron chi connectivity index (χ2n) is 7.82. The van der Waals surface area contributed by atoms with E-state index in [-0.39, 0.29) is 11.9 Å². The van der Waals surface area contributed by atoms with E-state index in [1.165, 1.54) is 18.5 Å². The lowest BCUT2D eigenvalue weighted by molar-refractivity contribution is -0.121. The Morgan fingerprint density at radius 2 is 1.93 bits per heavy atom. The molecule has 1 heterocycles. The van der Waals surface area contributed by atoms with Gasteiger partial charge in [-0.15, -0.1) is 0 Å². The molecule has 1 N–H and O–H groups in total. The monoisotopic (exact) mass is 418 g/mol. The van der Waals surface area contributed by atoms with Gasteiger partial charge in [0.05, 0.1) is 16.1 Å². The lowest BCUT2D eigenvalue weighted by atomic mass is 9.99. The molecule has 2 aromatic carbocycles. The van der Waals surface area contributed by atoms with Crippen LogP contribution < -0.4 is 10.2 Å². The van der Waals surface area contributed by atoms with E-state index in [1.54, 1.807) is 6.07 Å². The molecule has 1 saturated heterocycles. The maximum atomic E-state index is 12.3. The zero-order chi connectivity index (χ0) is 20.1. The number of aryl methyl sites for hydroxylation is 1. The smallest absolute Gasteiger partial charge is 0.220 e. The Kier molecular flexibility index (Phi) is 7.25. The summed E-state index contributed by atoms with van der Waals surface area (Å²) in [5, 5.41) is 4.14. The van der Waals surface area contributed by atoms with E-state index in [9.17, 15) is 4.79 Å². The van der Waals surface area contributed by atoms with Crippen molar-refractivity contribution in [2.24, 2.45) is 5.92 Å². The number of piperidine rings is 1. The number of hydrogen-bond acceptors (Lipinski definition) is 2. The number of hydrogen-bond donors (Lipinski definition) is 1. The van der Waals surface area contributed by atoms with Gasteiger partial charge in [0, 0.05) is 25.2 Å². The lowest BCUT2D eigenvalue weighted by Crippen LogP contribution is -2.34. The van der Waals surface area contributed by atoms with Gasteiger partial charge in [-0.05, 0) is 67.5 Å². The molecule has 1 fully saturated rings. The summed E-state index contributed by atoms with van der Waals surface area (Å²) in [6.07, 6.45) is 3.64. The summed E-state index contributed by atoms with van der Waals surface area (Å²) in [7, 11) is 0. The van der Waals surface area contributed by atoms with Crippen LogP contribution in [-0.4, -0.2) is 19.0 Å². The molecule has 3 nitrogen and oxygen atoms in total. The fourth-order valence-electron chi connectivity index (χ4n) is 3.75. The Bertz CT molecular complexity index is 807. The molecule has 3 rings (SSSR count). The van der Waals surface area contributed by atoms with Crippen molar-refractivity contribution >= 4 is 34.8 Å². The average Bonchev–Trinajstić information content (AvgIpc) is 2.69. The van der Waals surface area contributed by atoms with Crippen molar-refractivity contribution in [2.75, 3.05) is 18.0 Å². The minimum atomic E-state index is -0.0179. The third-order valence-corrected chi connectivity index (χ3v) is 6.16. The van der Waals surface area contributed by atoms with Gasteiger partial charge >= 0.3 is 0 Å². The fraction of sp³-hybridized carbons (Fsp3) is 0.435. The Balaban J connectivity index is 1.51. The van der Waals surface area contributed by atoms with E-state index >= 15 is 0 Å². The predicted octanol–water partition coefficient (Wildman–Crippen LogP) is 6.04. The van der Waals surface area contributed by atoms with E-state index in [2.05, 4.69) is 41.4 Å². The van der Waals surface area contributed by atoms with Crippen molar-refractivity contribution in [3.05, 3.63) is 63.6 Å². The van der Waals surface area contributed by atoms with Gasteiger partial charge in [-0.25, -0.2) is 0 Å². The zero-order valence-corrected chi connectivity index (χ0v) is 18.1. The molecule has 0 spiro atoms. The van der Waals surface area contributed by atoms with Crippen molar-refractivity contribution in [2.45, 2.75) is 45.6 Å². The van der Waals surface area contributed by atoms with Crippen LogP contribution in [0.1, 0.15) is 50.3 Å². The second kappa shape index (κ2) is 9.67. The van der Waals surface area contributed by atoms with Crippen LogP contribution in [0.2, 0.25) is 10.0 Å². The van der Waals surface area contributed by atoms with Crippen LogP contribution >= 0.6 is 23.2 Å². The molecule has 1 aliphatic heterocycles. The van der Waals surface area contributed by atoms with Gasteiger partial charge in [0.25, 0.3) is 0 Å². The van der Waals surface area contributed by atoms with Gasteiger partial charge < -0.3 is 10.2 Å².